The second-order valence-electron chi connectivity index (χ2n) is 5.77. The van der Waals surface area contributed by atoms with Gasteiger partial charge in [-0.3, -0.25) is 4.79 Å². The highest BCUT2D eigenvalue weighted by Gasteiger charge is 2.28. The quantitative estimate of drug-likeness (QED) is 0.774. The van der Waals surface area contributed by atoms with Gasteiger partial charge >= 0.3 is 0 Å². The van der Waals surface area contributed by atoms with Crippen LogP contribution in [0, 0.1) is 0 Å². The maximum Gasteiger partial charge on any atom is 0.221 e. The molecular formula is C16H24N2O2. The van der Waals surface area contributed by atoms with Crippen molar-refractivity contribution < 1.29 is 9.90 Å². The monoisotopic (exact) mass is 276 g/mol. The van der Waals surface area contributed by atoms with Crippen LogP contribution in [0.5, 0.6) is 0 Å². The topological polar surface area (TPSA) is 61.4 Å². The molecule has 4 heteroatoms. The van der Waals surface area contributed by atoms with Gasteiger partial charge in [0.05, 0.1) is 5.60 Å². The second-order valence-corrected chi connectivity index (χ2v) is 5.77. The van der Waals surface area contributed by atoms with Gasteiger partial charge in [0.1, 0.15) is 0 Å². The lowest BCUT2D eigenvalue weighted by atomic mass is 9.85. The number of nitrogens with one attached hydrogen (secondary N) is 2. The van der Waals surface area contributed by atoms with Gasteiger partial charge in [-0.25, -0.2) is 0 Å². The molecule has 0 spiro atoms. The van der Waals surface area contributed by atoms with Gasteiger partial charge in [-0.05, 0) is 30.5 Å². The van der Waals surface area contributed by atoms with Crippen LogP contribution in [0.25, 0.3) is 0 Å². The maximum absolute atomic E-state index is 10.9. The van der Waals surface area contributed by atoms with Crippen LogP contribution in [0.4, 0.5) is 5.69 Å². The van der Waals surface area contributed by atoms with Crippen molar-refractivity contribution in [3.05, 3.63) is 29.8 Å². The zero-order valence-electron chi connectivity index (χ0n) is 12.1. The molecule has 0 radical (unpaired) electrons. The molecule has 0 saturated heterocycles. The number of carbonyl (C=O) groups is 1. The fourth-order valence-electron chi connectivity index (χ4n) is 2.74. The van der Waals surface area contributed by atoms with Crippen LogP contribution >= 0.6 is 0 Å². The largest absolute Gasteiger partial charge is 0.389 e. The molecule has 1 aromatic carbocycles. The molecule has 1 aliphatic rings. The summed E-state index contributed by atoms with van der Waals surface area (Å²) in [5.41, 5.74) is 1.44. The molecule has 4 nitrogen and oxygen atoms in total. The summed E-state index contributed by atoms with van der Waals surface area (Å²) in [6.07, 6.45) is 5.31. The molecule has 20 heavy (non-hydrogen) atoms. The SMILES string of the molecule is CC(=O)Nc1ccc(CNCC2(O)CCCCC2)cc1. The summed E-state index contributed by atoms with van der Waals surface area (Å²) in [5, 5.41) is 16.5. The number of anilines is 1. The van der Waals surface area contributed by atoms with Gasteiger partial charge in [-0.15, -0.1) is 0 Å². The average molecular weight is 276 g/mol. The molecule has 0 atom stereocenters. The van der Waals surface area contributed by atoms with E-state index in [1.54, 1.807) is 0 Å². The van der Waals surface area contributed by atoms with Crippen molar-refractivity contribution in [2.45, 2.75) is 51.2 Å². The second kappa shape index (κ2) is 6.86. The Bertz CT molecular complexity index is 436. The highest BCUT2D eigenvalue weighted by Crippen LogP contribution is 2.27. The molecule has 2 rings (SSSR count). The third-order valence-electron chi connectivity index (χ3n) is 3.84. The van der Waals surface area contributed by atoms with E-state index < -0.39 is 5.60 Å². The Balaban J connectivity index is 1.77. The highest BCUT2D eigenvalue weighted by molar-refractivity contribution is 5.88. The summed E-state index contributed by atoms with van der Waals surface area (Å²) in [4.78, 5) is 10.9. The van der Waals surface area contributed by atoms with E-state index >= 15 is 0 Å². The fourth-order valence-corrected chi connectivity index (χ4v) is 2.74. The van der Waals surface area contributed by atoms with Crippen molar-refractivity contribution in [1.82, 2.24) is 5.32 Å². The van der Waals surface area contributed by atoms with E-state index in [0.717, 1.165) is 43.5 Å². The third-order valence-corrected chi connectivity index (χ3v) is 3.84. The summed E-state index contributed by atoms with van der Waals surface area (Å²) in [5.74, 6) is -0.0598. The summed E-state index contributed by atoms with van der Waals surface area (Å²) in [6.45, 7) is 2.89. The Hall–Kier alpha value is -1.39. The number of amides is 1. The van der Waals surface area contributed by atoms with Gasteiger partial charge < -0.3 is 15.7 Å². The van der Waals surface area contributed by atoms with Crippen molar-refractivity contribution in [2.75, 3.05) is 11.9 Å². The van der Waals surface area contributed by atoms with Crippen molar-refractivity contribution in [3.8, 4) is 0 Å². The predicted octanol–water partition coefficient (Wildman–Crippen LogP) is 2.43. The van der Waals surface area contributed by atoms with Crippen molar-refractivity contribution in [3.63, 3.8) is 0 Å². The van der Waals surface area contributed by atoms with E-state index in [9.17, 15) is 9.90 Å². The number of hydrogen-bond donors (Lipinski definition) is 3. The Labute approximate surface area is 120 Å². The zero-order valence-corrected chi connectivity index (χ0v) is 12.1. The molecule has 1 aliphatic carbocycles. The first-order valence-corrected chi connectivity index (χ1v) is 7.37. The standard InChI is InChI=1S/C16H24N2O2/c1-13(19)18-15-7-5-14(6-8-15)11-17-12-16(20)9-3-2-4-10-16/h5-8,17,20H,2-4,9-12H2,1H3,(H,18,19). The smallest absolute Gasteiger partial charge is 0.221 e. The number of hydrogen-bond acceptors (Lipinski definition) is 3. The van der Waals surface area contributed by atoms with Gasteiger partial charge in [0, 0.05) is 25.7 Å². The minimum absolute atomic E-state index is 0.0598. The number of aliphatic hydroxyl groups is 1. The molecule has 1 saturated carbocycles. The van der Waals surface area contributed by atoms with Gasteiger partial charge in [-0.1, -0.05) is 31.4 Å². The van der Waals surface area contributed by atoms with E-state index in [1.807, 2.05) is 24.3 Å². The molecule has 110 valence electrons. The Kier molecular flexibility index (Phi) is 5.15. The summed E-state index contributed by atoms with van der Waals surface area (Å²) < 4.78 is 0. The lowest BCUT2D eigenvalue weighted by Crippen LogP contribution is -2.41. The number of carbonyl (C=O) groups excluding carboxylic acids is 1. The summed E-state index contributed by atoms with van der Waals surface area (Å²) in [7, 11) is 0. The van der Waals surface area contributed by atoms with E-state index in [2.05, 4.69) is 10.6 Å². The normalized spacial score (nSPS) is 17.7. The molecular weight excluding hydrogens is 252 g/mol. The molecule has 0 heterocycles. The van der Waals surface area contributed by atoms with Crippen molar-refractivity contribution in [2.24, 2.45) is 0 Å². The summed E-state index contributed by atoms with van der Waals surface area (Å²) in [6, 6.07) is 7.77. The van der Waals surface area contributed by atoms with Crippen LogP contribution in [0.3, 0.4) is 0 Å². The van der Waals surface area contributed by atoms with Gasteiger partial charge in [0.2, 0.25) is 5.91 Å². The minimum Gasteiger partial charge on any atom is -0.389 e. The fraction of sp³-hybridized carbons (Fsp3) is 0.562. The van der Waals surface area contributed by atoms with E-state index in [4.69, 9.17) is 0 Å². The van der Waals surface area contributed by atoms with Crippen LogP contribution in [0.2, 0.25) is 0 Å². The van der Waals surface area contributed by atoms with Gasteiger partial charge in [-0.2, -0.15) is 0 Å². The van der Waals surface area contributed by atoms with Crippen LogP contribution in [-0.2, 0) is 11.3 Å². The molecule has 1 aromatic rings. The van der Waals surface area contributed by atoms with E-state index in [0.29, 0.717) is 6.54 Å². The average Bonchev–Trinajstić information content (AvgIpc) is 2.41. The molecule has 0 unspecified atom stereocenters. The molecule has 1 fully saturated rings. The maximum atomic E-state index is 10.9. The van der Waals surface area contributed by atoms with Crippen LogP contribution in [-0.4, -0.2) is 23.2 Å². The molecule has 0 aliphatic heterocycles. The van der Waals surface area contributed by atoms with Crippen molar-refractivity contribution >= 4 is 11.6 Å². The Morgan fingerprint density at radius 3 is 2.45 bits per heavy atom. The molecule has 0 aromatic heterocycles. The number of benzene rings is 1. The van der Waals surface area contributed by atoms with Crippen LogP contribution in [0.1, 0.15) is 44.6 Å². The van der Waals surface area contributed by atoms with Gasteiger partial charge in [0.15, 0.2) is 0 Å². The molecule has 1 amide bonds. The molecule has 3 N–H and O–H groups in total. The lowest BCUT2D eigenvalue weighted by molar-refractivity contribution is -0.114. The van der Waals surface area contributed by atoms with Gasteiger partial charge in [0.25, 0.3) is 0 Å². The first-order chi connectivity index (χ1) is 9.57. The Morgan fingerprint density at radius 1 is 1.20 bits per heavy atom. The first-order valence-electron chi connectivity index (χ1n) is 7.37. The Morgan fingerprint density at radius 2 is 1.85 bits per heavy atom. The predicted molar refractivity (Wildman–Crippen MR) is 80.5 cm³/mol. The lowest BCUT2D eigenvalue weighted by Gasteiger charge is -2.32. The minimum atomic E-state index is -0.519. The molecule has 0 bridgehead atoms. The zero-order chi connectivity index (χ0) is 14.4. The first kappa shape index (κ1) is 15.0. The van der Waals surface area contributed by atoms with E-state index in [-0.39, 0.29) is 5.91 Å². The van der Waals surface area contributed by atoms with E-state index in [1.165, 1.54) is 13.3 Å². The van der Waals surface area contributed by atoms with Crippen molar-refractivity contribution in [1.29, 1.82) is 0 Å². The third kappa shape index (κ3) is 4.62. The summed E-state index contributed by atoms with van der Waals surface area (Å²) >= 11 is 0. The van der Waals surface area contributed by atoms with Crippen LogP contribution in [0.15, 0.2) is 24.3 Å². The van der Waals surface area contributed by atoms with Crippen LogP contribution < -0.4 is 10.6 Å². The highest BCUT2D eigenvalue weighted by atomic mass is 16.3. The number of rotatable bonds is 5.